The molecule has 1 aromatic heterocycles. The molecule has 25 heavy (non-hydrogen) atoms. The predicted octanol–water partition coefficient (Wildman–Crippen LogP) is 3.41. The van der Waals surface area contributed by atoms with E-state index in [0.717, 1.165) is 0 Å². The van der Waals surface area contributed by atoms with Crippen LogP contribution in [0.4, 0.5) is 0 Å². The fourth-order valence-electron chi connectivity index (χ4n) is 2.29. The van der Waals surface area contributed by atoms with Crippen molar-refractivity contribution >= 4 is 33.9 Å². The number of ether oxygens (including phenoxy) is 4. The van der Waals surface area contributed by atoms with E-state index in [4.69, 9.17) is 23.4 Å². The monoisotopic (exact) mass is 407 g/mol. The first-order valence-electron chi connectivity index (χ1n) is 7.14. The van der Waals surface area contributed by atoms with Gasteiger partial charge in [-0.25, -0.2) is 9.79 Å². The van der Waals surface area contributed by atoms with E-state index in [0.29, 0.717) is 33.2 Å². The van der Waals surface area contributed by atoms with E-state index < -0.39 is 5.97 Å². The summed E-state index contributed by atoms with van der Waals surface area (Å²) in [5.74, 6) is 1.29. The third kappa shape index (κ3) is 3.39. The SMILES string of the molecule is COc1cc(/C=C2\N=C(c3ccc(Br)o3)OC2=O)cc(OC)c1OC. The van der Waals surface area contributed by atoms with E-state index in [2.05, 4.69) is 20.9 Å². The number of carbonyl (C=O) groups is 1. The average molecular weight is 408 g/mol. The highest BCUT2D eigenvalue weighted by Gasteiger charge is 2.26. The first-order valence-corrected chi connectivity index (χ1v) is 7.93. The number of hydrogen-bond acceptors (Lipinski definition) is 7. The van der Waals surface area contributed by atoms with Crippen molar-refractivity contribution in [1.82, 2.24) is 0 Å². The first kappa shape index (κ1) is 17.1. The number of cyclic esters (lactones) is 1. The maximum absolute atomic E-state index is 12.1. The molecular formula is C17H14BrNO6. The third-order valence-electron chi connectivity index (χ3n) is 3.39. The average Bonchev–Trinajstić information content (AvgIpc) is 3.20. The van der Waals surface area contributed by atoms with E-state index >= 15 is 0 Å². The Kier molecular flexibility index (Phi) is 4.80. The van der Waals surface area contributed by atoms with Gasteiger partial charge in [0.2, 0.25) is 5.75 Å². The van der Waals surface area contributed by atoms with Crippen LogP contribution < -0.4 is 14.2 Å². The van der Waals surface area contributed by atoms with E-state index in [-0.39, 0.29) is 11.6 Å². The van der Waals surface area contributed by atoms with Gasteiger partial charge in [-0.15, -0.1) is 0 Å². The van der Waals surface area contributed by atoms with Crippen molar-refractivity contribution in [3.63, 3.8) is 0 Å². The Hall–Kier alpha value is -2.74. The minimum Gasteiger partial charge on any atom is -0.493 e. The molecule has 2 heterocycles. The second kappa shape index (κ2) is 7.02. The van der Waals surface area contributed by atoms with Gasteiger partial charge in [0, 0.05) is 0 Å². The molecule has 0 aliphatic carbocycles. The zero-order valence-corrected chi connectivity index (χ0v) is 15.2. The first-order chi connectivity index (χ1) is 12.0. The minimum atomic E-state index is -0.573. The van der Waals surface area contributed by atoms with Crippen LogP contribution in [0.3, 0.4) is 0 Å². The molecular weight excluding hydrogens is 394 g/mol. The second-order valence-corrected chi connectivity index (χ2v) is 5.68. The summed E-state index contributed by atoms with van der Waals surface area (Å²) in [6, 6.07) is 6.75. The summed E-state index contributed by atoms with van der Waals surface area (Å²) in [7, 11) is 4.55. The molecule has 0 amide bonds. The van der Waals surface area contributed by atoms with Gasteiger partial charge >= 0.3 is 5.97 Å². The van der Waals surface area contributed by atoms with Gasteiger partial charge in [0.25, 0.3) is 5.90 Å². The molecule has 0 fully saturated rings. The molecule has 0 spiro atoms. The van der Waals surface area contributed by atoms with Crippen LogP contribution in [0.15, 0.2) is 44.0 Å². The lowest BCUT2D eigenvalue weighted by molar-refractivity contribution is -0.130. The van der Waals surface area contributed by atoms with E-state index in [1.165, 1.54) is 21.3 Å². The largest absolute Gasteiger partial charge is 0.493 e. The Morgan fingerprint density at radius 1 is 1.08 bits per heavy atom. The van der Waals surface area contributed by atoms with Crippen molar-refractivity contribution < 1.29 is 28.2 Å². The van der Waals surface area contributed by atoms with Crippen molar-refractivity contribution in [2.75, 3.05) is 21.3 Å². The molecule has 0 saturated carbocycles. The maximum Gasteiger partial charge on any atom is 0.363 e. The lowest BCUT2D eigenvalue weighted by Gasteiger charge is -2.12. The standard InChI is InChI=1S/C17H14BrNO6/c1-21-12-7-9(8-13(22-2)15(12)23-3)6-10-17(20)25-16(19-10)11-4-5-14(18)24-11/h4-8H,1-3H3/b10-6-. The Balaban J connectivity index is 2.00. The summed E-state index contributed by atoms with van der Waals surface area (Å²) in [4.78, 5) is 16.2. The zero-order chi connectivity index (χ0) is 18.0. The van der Waals surface area contributed by atoms with Gasteiger partial charge in [0.1, 0.15) is 0 Å². The number of hydrogen-bond donors (Lipinski definition) is 0. The van der Waals surface area contributed by atoms with Gasteiger partial charge in [-0.2, -0.15) is 0 Å². The quantitative estimate of drug-likeness (QED) is 0.557. The summed E-state index contributed by atoms with van der Waals surface area (Å²) in [5, 5.41) is 0. The number of benzene rings is 1. The summed E-state index contributed by atoms with van der Waals surface area (Å²) in [6.45, 7) is 0. The second-order valence-electron chi connectivity index (χ2n) is 4.90. The van der Waals surface area contributed by atoms with Gasteiger partial charge in [-0.3, -0.25) is 0 Å². The molecule has 3 rings (SSSR count). The summed E-state index contributed by atoms with van der Waals surface area (Å²) < 4.78 is 26.9. The molecule has 130 valence electrons. The molecule has 1 aromatic carbocycles. The Labute approximate surface area is 152 Å². The molecule has 2 aromatic rings. The summed E-state index contributed by atoms with van der Waals surface area (Å²) in [5.41, 5.74) is 0.781. The van der Waals surface area contributed by atoms with E-state index in [1.54, 1.807) is 30.3 Å². The smallest absolute Gasteiger partial charge is 0.363 e. The molecule has 0 atom stereocenters. The molecule has 1 aliphatic heterocycles. The molecule has 0 radical (unpaired) electrons. The maximum atomic E-state index is 12.1. The number of methoxy groups -OCH3 is 3. The lowest BCUT2D eigenvalue weighted by Crippen LogP contribution is -2.04. The number of carbonyl (C=O) groups excluding carboxylic acids is 1. The molecule has 8 heteroatoms. The Morgan fingerprint density at radius 2 is 1.76 bits per heavy atom. The lowest BCUT2D eigenvalue weighted by atomic mass is 10.1. The van der Waals surface area contributed by atoms with Gasteiger partial charge in [0.05, 0.1) is 21.3 Å². The molecule has 0 unspecified atom stereocenters. The summed E-state index contributed by atoms with van der Waals surface area (Å²) in [6.07, 6.45) is 1.57. The fraction of sp³-hybridized carbons (Fsp3) is 0.176. The topological polar surface area (TPSA) is 79.5 Å². The number of halogens is 1. The van der Waals surface area contributed by atoms with Crippen LogP contribution in [0.5, 0.6) is 17.2 Å². The molecule has 7 nitrogen and oxygen atoms in total. The molecule has 0 saturated heterocycles. The van der Waals surface area contributed by atoms with E-state index in [1.807, 2.05) is 0 Å². The van der Waals surface area contributed by atoms with Crippen LogP contribution in [-0.2, 0) is 9.53 Å². The fourth-order valence-corrected chi connectivity index (χ4v) is 2.59. The molecule has 0 N–H and O–H groups in total. The minimum absolute atomic E-state index is 0.106. The highest BCUT2D eigenvalue weighted by Crippen LogP contribution is 2.39. The van der Waals surface area contributed by atoms with Crippen LogP contribution >= 0.6 is 15.9 Å². The Morgan fingerprint density at radius 3 is 2.28 bits per heavy atom. The van der Waals surface area contributed by atoms with Crippen LogP contribution in [0, 0.1) is 0 Å². The van der Waals surface area contributed by atoms with Gasteiger partial charge in [-0.05, 0) is 51.8 Å². The highest BCUT2D eigenvalue weighted by molar-refractivity contribution is 9.10. The van der Waals surface area contributed by atoms with E-state index in [9.17, 15) is 4.79 Å². The van der Waals surface area contributed by atoms with Crippen molar-refractivity contribution in [2.24, 2.45) is 4.99 Å². The normalized spacial score (nSPS) is 15.1. The summed E-state index contributed by atoms with van der Waals surface area (Å²) >= 11 is 3.19. The zero-order valence-electron chi connectivity index (χ0n) is 13.7. The number of aliphatic imine (C=N–C) groups is 1. The predicted molar refractivity (Wildman–Crippen MR) is 93.1 cm³/mol. The van der Waals surface area contributed by atoms with Crippen molar-refractivity contribution in [3.8, 4) is 17.2 Å². The van der Waals surface area contributed by atoms with Crippen molar-refractivity contribution in [3.05, 3.63) is 46.0 Å². The highest BCUT2D eigenvalue weighted by atomic mass is 79.9. The van der Waals surface area contributed by atoms with Gasteiger partial charge in [0.15, 0.2) is 27.6 Å². The third-order valence-corrected chi connectivity index (χ3v) is 3.82. The van der Waals surface area contributed by atoms with Crippen LogP contribution in [0.2, 0.25) is 0 Å². The van der Waals surface area contributed by atoms with Crippen LogP contribution in [0.1, 0.15) is 11.3 Å². The number of rotatable bonds is 5. The number of furan rings is 1. The number of esters is 1. The number of nitrogens with zero attached hydrogens (tertiary/aromatic N) is 1. The molecule has 0 bridgehead atoms. The Bertz CT molecular complexity index is 858. The van der Waals surface area contributed by atoms with Crippen LogP contribution in [0.25, 0.3) is 6.08 Å². The van der Waals surface area contributed by atoms with Gasteiger partial charge in [-0.1, -0.05) is 0 Å². The van der Waals surface area contributed by atoms with Crippen molar-refractivity contribution in [1.29, 1.82) is 0 Å². The van der Waals surface area contributed by atoms with Crippen molar-refractivity contribution in [2.45, 2.75) is 0 Å². The van der Waals surface area contributed by atoms with Gasteiger partial charge < -0.3 is 23.4 Å². The molecule has 1 aliphatic rings. The van der Waals surface area contributed by atoms with Crippen LogP contribution in [-0.4, -0.2) is 33.2 Å².